The number of hydrogen-bond donors (Lipinski definition) is 2. The van der Waals surface area contributed by atoms with Gasteiger partial charge in [-0.1, -0.05) is 63.8 Å². The monoisotopic (exact) mass is 613 g/mol. The van der Waals surface area contributed by atoms with Gasteiger partial charge in [-0.15, -0.1) is 0 Å². The van der Waals surface area contributed by atoms with Gasteiger partial charge >= 0.3 is 0 Å². The lowest BCUT2D eigenvalue weighted by atomic mass is 9.91. The predicted molar refractivity (Wildman–Crippen MR) is 172 cm³/mol. The summed E-state index contributed by atoms with van der Waals surface area (Å²) in [5.41, 5.74) is 1.51. The number of piperidine rings is 1. The summed E-state index contributed by atoms with van der Waals surface area (Å²) in [6.45, 7) is 10.1. The molecule has 0 spiro atoms. The third kappa shape index (κ3) is 8.99. The highest BCUT2D eigenvalue weighted by Gasteiger charge is 2.36. The number of rotatable bonds is 5. The van der Waals surface area contributed by atoms with Crippen LogP contribution in [0.3, 0.4) is 0 Å². The van der Waals surface area contributed by atoms with Gasteiger partial charge in [0.1, 0.15) is 17.8 Å². The highest BCUT2D eigenvalue weighted by Crippen LogP contribution is 2.42. The van der Waals surface area contributed by atoms with Crippen molar-refractivity contribution in [1.82, 2.24) is 24.3 Å². The number of nitrogens with zero attached hydrogens (tertiary/aromatic N) is 4. The Labute approximate surface area is 260 Å². The molecule has 1 atom stereocenters. The lowest BCUT2D eigenvalue weighted by molar-refractivity contribution is -0.111. The number of halogens is 1. The van der Waals surface area contributed by atoms with Crippen LogP contribution in [0.4, 0.5) is 0 Å². The first-order chi connectivity index (χ1) is 20.7. The standard InChI is InChI=1S/C23H28ClN5O3.C5H8O.C3H6.C2H6/c1-27-9-6-23(31,7-10-27)14-28-15-26-21-18(22(28)30)12-20(24)29(21)17-4-2-16(3-5-17)19-13-32-11-8-25-19;1-5(4-6)2-3-5;1-2-3-1;1-2/h2-5,12,15,19,25,31H,6-11,13-14H2,1H3;4H,2-3H2,1H3;1-3H2;1-2H3. The lowest BCUT2D eigenvalue weighted by Crippen LogP contribution is -2.46. The van der Waals surface area contributed by atoms with Crippen molar-refractivity contribution in [3.05, 3.63) is 57.7 Å². The third-order valence-electron chi connectivity index (χ3n) is 8.27. The fourth-order valence-electron chi connectivity index (χ4n) is 4.90. The van der Waals surface area contributed by atoms with E-state index in [1.54, 1.807) is 10.6 Å². The van der Waals surface area contributed by atoms with E-state index < -0.39 is 5.60 Å². The normalized spacial score (nSPS) is 21.7. The van der Waals surface area contributed by atoms with Crippen LogP contribution in [0.2, 0.25) is 5.15 Å². The van der Waals surface area contributed by atoms with Crippen LogP contribution in [0.15, 0.2) is 41.5 Å². The van der Waals surface area contributed by atoms with Crippen LogP contribution in [-0.2, 0) is 16.1 Å². The second kappa shape index (κ2) is 14.9. The summed E-state index contributed by atoms with van der Waals surface area (Å²) in [5, 5.41) is 15.3. The van der Waals surface area contributed by atoms with Crippen LogP contribution in [-0.4, -0.2) is 75.9 Å². The number of nitrogens with one attached hydrogen (secondary N) is 1. The zero-order valence-electron chi connectivity index (χ0n) is 26.1. The van der Waals surface area contributed by atoms with Gasteiger partial charge in [-0.25, -0.2) is 4.98 Å². The first-order valence-electron chi connectivity index (χ1n) is 15.8. The quantitative estimate of drug-likeness (QED) is 0.384. The molecule has 4 heterocycles. The molecule has 2 aliphatic heterocycles. The molecule has 2 saturated heterocycles. The van der Waals surface area contributed by atoms with E-state index in [9.17, 15) is 14.7 Å². The summed E-state index contributed by atoms with van der Waals surface area (Å²) in [6, 6.07) is 9.87. The molecule has 2 aliphatic carbocycles. The summed E-state index contributed by atoms with van der Waals surface area (Å²) in [5.74, 6) is 0. The summed E-state index contributed by atoms with van der Waals surface area (Å²) < 4.78 is 8.84. The Bertz CT molecular complexity index is 1380. The van der Waals surface area contributed by atoms with Gasteiger partial charge in [0.25, 0.3) is 5.56 Å². The van der Waals surface area contributed by atoms with Gasteiger partial charge < -0.3 is 24.9 Å². The summed E-state index contributed by atoms with van der Waals surface area (Å²) in [6.07, 6.45) is 10.5. The van der Waals surface area contributed by atoms with Gasteiger partial charge in [0.2, 0.25) is 0 Å². The number of hydrogen-bond acceptors (Lipinski definition) is 7. The van der Waals surface area contributed by atoms with Gasteiger partial charge in [0.05, 0.1) is 36.8 Å². The molecular weight excluding hydrogens is 566 g/mol. The van der Waals surface area contributed by atoms with Crippen LogP contribution < -0.4 is 10.9 Å². The maximum absolute atomic E-state index is 13.2. The van der Waals surface area contributed by atoms with Crippen molar-refractivity contribution in [2.24, 2.45) is 5.41 Å². The number of carbonyl (C=O) groups excluding carboxylic acids is 1. The third-order valence-corrected chi connectivity index (χ3v) is 8.55. The van der Waals surface area contributed by atoms with Gasteiger partial charge in [-0.05, 0) is 56.5 Å². The van der Waals surface area contributed by atoms with E-state index >= 15 is 0 Å². The van der Waals surface area contributed by atoms with Crippen molar-refractivity contribution in [2.75, 3.05) is 39.9 Å². The van der Waals surface area contributed by atoms with Crippen molar-refractivity contribution >= 4 is 28.9 Å². The number of fused-ring (bicyclic) bond motifs is 1. The predicted octanol–water partition coefficient (Wildman–Crippen LogP) is 5.14. The van der Waals surface area contributed by atoms with Crippen LogP contribution >= 0.6 is 11.6 Å². The van der Waals surface area contributed by atoms with Gasteiger partial charge in [0.15, 0.2) is 5.65 Å². The van der Waals surface area contributed by atoms with E-state index in [4.69, 9.17) is 16.3 Å². The molecular formula is C33H48ClN5O4. The molecule has 0 bridgehead atoms. The molecule has 1 aromatic carbocycles. The van der Waals surface area contributed by atoms with E-state index in [0.29, 0.717) is 35.6 Å². The molecule has 43 heavy (non-hydrogen) atoms. The van der Waals surface area contributed by atoms with E-state index in [2.05, 4.69) is 15.2 Å². The Balaban J connectivity index is 0.000000325. The Morgan fingerprint density at radius 1 is 1.12 bits per heavy atom. The summed E-state index contributed by atoms with van der Waals surface area (Å²) in [4.78, 5) is 29.8. The van der Waals surface area contributed by atoms with Crippen LogP contribution in [0, 0.1) is 5.41 Å². The zero-order valence-corrected chi connectivity index (χ0v) is 26.9. The molecule has 4 aliphatic rings. The molecule has 2 aromatic heterocycles. The van der Waals surface area contributed by atoms with E-state index in [1.807, 2.05) is 52.1 Å². The van der Waals surface area contributed by atoms with Crippen molar-refractivity contribution in [3.63, 3.8) is 0 Å². The lowest BCUT2D eigenvalue weighted by Gasteiger charge is -2.36. The Kier molecular flexibility index (Phi) is 11.6. The highest BCUT2D eigenvalue weighted by molar-refractivity contribution is 6.31. The van der Waals surface area contributed by atoms with Crippen LogP contribution in [0.5, 0.6) is 0 Å². The second-order valence-electron chi connectivity index (χ2n) is 12.3. The number of likely N-dealkylation sites (tertiary alicyclic amines) is 1. The van der Waals surface area contributed by atoms with Crippen molar-refractivity contribution < 1.29 is 14.6 Å². The molecule has 0 radical (unpaired) electrons. The highest BCUT2D eigenvalue weighted by atomic mass is 35.5. The van der Waals surface area contributed by atoms with Gasteiger partial charge in [-0.3, -0.25) is 13.9 Å². The topological polar surface area (TPSA) is 102 Å². The molecule has 0 amide bonds. The first-order valence-corrected chi connectivity index (χ1v) is 16.1. The molecule has 10 heteroatoms. The molecule has 4 fully saturated rings. The molecule has 3 aromatic rings. The first kappa shape index (κ1) is 33.3. The Morgan fingerprint density at radius 3 is 2.28 bits per heavy atom. The molecule has 9 nitrogen and oxygen atoms in total. The van der Waals surface area contributed by atoms with Crippen LogP contribution in [0.1, 0.15) is 77.3 Å². The van der Waals surface area contributed by atoms with E-state index in [1.165, 1.54) is 30.2 Å². The van der Waals surface area contributed by atoms with E-state index in [0.717, 1.165) is 56.6 Å². The minimum atomic E-state index is -0.898. The molecule has 2 N–H and O–H groups in total. The Hall–Kier alpha value is -2.56. The fraction of sp³-hybridized carbons (Fsp3) is 0.606. The van der Waals surface area contributed by atoms with E-state index in [-0.39, 0.29) is 23.6 Å². The Morgan fingerprint density at radius 2 is 1.77 bits per heavy atom. The molecule has 2 saturated carbocycles. The summed E-state index contributed by atoms with van der Waals surface area (Å²) in [7, 11) is 2.04. The number of carbonyl (C=O) groups is 1. The number of ether oxygens (including phenoxy) is 1. The molecule has 1 unspecified atom stereocenters. The smallest absolute Gasteiger partial charge is 0.262 e. The number of aliphatic hydroxyl groups is 1. The average molecular weight is 614 g/mol. The number of morpholine rings is 1. The maximum Gasteiger partial charge on any atom is 0.262 e. The number of aromatic nitrogens is 3. The van der Waals surface area contributed by atoms with Gasteiger partial charge in [-0.2, -0.15) is 0 Å². The molecule has 236 valence electrons. The zero-order chi connectivity index (χ0) is 31.0. The average Bonchev–Trinajstić information content (AvgIpc) is 3.98. The summed E-state index contributed by atoms with van der Waals surface area (Å²) >= 11 is 6.54. The minimum Gasteiger partial charge on any atom is -0.388 e. The molecule has 7 rings (SSSR count). The number of aldehydes is 1. The minimum absolute atomic E-state index is 0.111. The maximum atomic E-state index is 13.2. The number of benzene rings is 1. The van der Waals surface area contributed by atoms with Crippen LogP contribution in [0.25, 0.3) is 16.7 Å². The largest absolute Gasteiger partial charge is 0.388 e. The fourth-order valence-corrected chi connectivity index (χ4v) is 5.19. The van der Waals surface area contributed by atoms with Crippen molar-refractivity contribution in [2.45, 2.75) is 83.9 Å². The SMILES string of the molecule is C1CC1.CC.CC1(C=O)CC1.CN1CCC(O)(Cn2cnc3c(cc(Cl)n3-c3ccc(C4COCCN4)cc3)c2=O)CC1. The van der Waals surface area contributed by atoms with Gasteiger partial charge in [0, 0.05) is 30.7 Å². The second-order valence-corrected chi connectivity index (χ2v) is 12.6. The van der Waals surface area contributed by atoms with Crippen molar-refractivity contribution in [3.8, 4) is 5.69 Å². The van der Waals surface area contributed by atoms with Crippen molar-refractivity contribution in [1.29, 1.82) is 0 Å².